The predicted molar refractivity (Wildman–Crippen MR) is 95.4 cm³/mol. The van der Waals surface area contributed by atoms with E-state index in [1.807, 2.05) is 6.07 Å². The lowest BCUT2D eigenvalue weighted by Crippen LogP contribution is -2.54. The predicted octanol–water partition coefficient (Wildman–Crippen LogP) is 2.41. The zero-order chi connectivity index (χ0) is 18.6. The van der Waals surface area contributed by atoms with E-state index in [2.05, 4.69) is 10.3 Å². The van der Waals surface area contributed by atoms with Crippen LogP contribution in [0.1, 0.15) is 19.3 Å². The molecule has 0 saturated carbocycles. The number of carbonyl (C=O) groups is 2. The van der Waals surface area contributed by atoms with Gasteiger partial charge in [-0.3, -0.25) is 14.6 Å². The number of amides is 1. The van der Waals surface area contributed by atoms with Crippen molar-refractivity contribution in [2.75, 3.05) is 19.8 Å². The monoisotopic (exact) mass is 378 g/mol. The molecule has 0 bridgehead atoms. The topological polar surface area (TPSA) is 97.8 Å². The maximum Gasteiger partial charge on any atom is 0.305 e. The summed E-state index contributed by atoms with van der Waals surface area (Å²) < 4.78 is 10.9. The molecule has 7 nitrogen and oxygen atoms in total. The van der Waals surface area contributed by atoms with E-state index in [1.165, 1.54) is 0 Å². The summed E-state index contributed by atoms with van der Waals surface area (Å²) in [6.07, 6.45) is 2.38. The van der Waals surface area contributed by atoms with Gasteiger partial charge in [-0.25, -0.2) is 0 Å². The van der Waals surface area contributed by atoms with Crippen molar-refractivity contribution in [3.05, 3.63) is 35.5 Å². The van der Waals surface area contributed by atoms with Gasteiger partial charge in [0.1, 0.15) is 11.3 Å². The molecule has 0 radical (unpaired) electrons. The van der Waals surface area contributed by atoms with Crippen LogP contribution in [0.25, 0.3) is 10.9 Å². The van der Waals surface area contributed by atoms with Gasteiger partial charge in [0.15, 0.2) is 6.61 Å². The van der Waals surface area contributed by atoms with E-state index in [9.17, 15) is 9.59 Å². The minimum absolute atomic E-state index is 0.145. The molecule has 1 aromatic carbocycles. The molecule has 1 amide bonds. The van der Waals surface area contributed by atoms with E-state index in [-0.39, 0.29) is 18.9 Å². The molecule has 138 valence electrons. The fraction of sp³-hybridized carbons (Fsp3) is 0.389. The summed E-state index contributed by atoms with van der Waals surface area (Å²) >= 11 is 6.14. The second kappa shape index (κ2) is 7.88. The van der Waals surface area contributed by atoms with Gasteiger partial charge in [0.2, 0.25) is 0 Å². The molecule has 1 saturated heterocycles. The normalized spacial score (nSPS) is 16.2. The van der Waals surface area contributed by atoms with Gasteiger partial charge >= 0.3 is 5.97 Å². The minimum atomic E-state index is -0.957. The zero-order valence-electron chi connectivity index (χ0n) is 14.0. The van der Waals surface area contributed by atoms with Crippen molar-refractivity contribution in [1.29, 1.82) is 0 Å². The number of pyridine rings is 1. The lowest BCUT2D eigenvalue weighted by atomic mass is 9.86. The van der Waals surface area contributed by atoms with Crippen molar-refractivity contribution in [3.8, 4) is 5.75 Å². The third-order valence-electron chi connectivity index (χ3n) is 4.38. The highest BCUT2D eigenvalue weighted by Gasteiger charge is 2.36. The SMILES string of the molecule is O=C(O)CC1(NC(=O)COc2ccc(Cl)c3cccnc23)CCOCC1. The van der Waals surface area contributed by atoms with E-state index in [0.29, 0.717) is 42.3 Å². The van der Waals surface area contributed by atoms with E-state index in [0.717, 1.165) is 5.39 Å². The van der Waals surface area contributed by atoms with E-state index < -0.39 is 11.5 Å². The molecule has 0 aliphatic carbocycles. The van der Waals surface area contributed by atoms with Crippen LogP contribution >= 0.6 is 11.6 Å². The van der Waals surface area contributed by atoms with Crippen molar-refractivity contribution < 1.29 is 24.2 Å². The van der Waals surface area contributed by atoms with Crippen molar-refractivity contribution in [2.45, 2.75) is 24.8 Å². The zero-order valence-corrected chi connectivity index (χ0v) is 14.8. The Morgan fingerprint density at radius 2 is 2.08 bits per heavy atom. The molecule has 1 fully saturated rings. The molecule has 26 heavy (non-hydrogen) atoms. The number of nitrogens with zero attached hydrogens (tertiary/aromatic N) is 1. The summed E-state index contributed by atoms with van der Waals surface area (Å²) in [6, 6.07) is 6.93. The van der Waals surface area contributed by atoms with Gasteiger partial charge in [0.05, 0.1) is 17.0 Å². The molecule has 2 heterocycles. The number of hydrogen-bond donors (Lipinski definition) is 2. The fourth-order valence-corrected chi connectivity index (χ4v) is 3.32. The van der Waals surface area contributed by atoms with Gasteiger partial charge in [-0.1, -0.05) is 11.6 Å². The van der Waals surface area contributed by atoms with Crippen molar-refractivity contribution in [2.24, 2.45) is 0 Å². The summed E-state index contributed by atoms with van der Waals surface area (Å²) in [5, 5.41) is 13.3. The number of aliphatic carboxylic acids is 1. The van der Waals surface area contributed by atoms with Crippen LogP contribution in [-0.4, -0.2) is 47.3 Å². The molecule has 3 rings (SSSR count). The molecule has 8 heteroatoms. The molecular formula is C18H19ClN2O5. The number of benzene rings is 1. The van der Waals surface area contributed by atoms with Gasteiger partial charge < -0.3 is 19.9 Å². The van der Waals surface area contributed by atoms with Gasteiger partial charge in [0, 0.05) is 24.8 Å². The number of ether oxygens (including phenoxy) is 2. The molecule has 1 aliphatic rings. The summed E-state index contributed by atoms with van der Waals surface area (Å²) in [4.78, 5) is 27.8. The van der Waals surface area contributed by atoms with Crippen LogP contribution in [0.2, 0.25) is 5.02 Å². The van der Waals surface area contributed by atoms with Crippen LogP contribution in [0.3, 0.4) is 0 Å². The molecule has 2 aromatic rings. The Balaban J connectivity index is 1.69. The van der Waals surface area contributed by atoms with Gasteiger partial charge in [-0.2, -0.15) is 0 Å². The van der Waals surface area contributed by atoms with Crippen LogP contribution in [0.5, 0.6) is 5.75 Å². The number of rotatable bonds is 6. The average molecular weight is 379 g/mol. The Bertz CT molecular complexity index is 820. The second-order valence-electron chi connectivity index (χ2n) is 6.25. The quantitative estimate of drug-likeness (QED) is 0.801. The third-order valence-corrected chi connectivity index (χ3v) is 4.71. The number of nitrogens with one attached hydrogen (secondary N) is 1. The van der Waals surface area contributed by atoms with Crippen LogP contribution in [-0.2, 0) is 14.3 Å². The first-order valence-electron chi connectivity index (χ1n) is 8.26. The number of carboxylic acids is 1. The van der Waals surface area contributed by atoms with Gasteiger partial charge in [-0.05, 0) is 37.1 Å². The van der Waals surface area contributed by atoms with Crippen LogP contribution < -0.4 is 10.1 Å². The van der Waals surface area contributed by atoms with Crippen LogP contribution in [0.15, 0.2) is 30.5 Å². The molecule has 2 N–H and O–H groups in total. The van der Waals surface area contributed by atoms with Crippen molar-refractivity contribution in [3.63, 3.8) is 0 Å². The van der Waals surface area contributed by atoms with Crippen LogP contribution in [0.4, 0.5) is 0 Å². The third kappa shape index (κ3) is 4.23. The Morgan fingerprint density at radius 3 is 2.81 bits per heavy atom. The van der Waals surface area contributed by atoms with E-state index in [4.69, 9.17) is 26.2 Å². The van der Waals surface area contributed by atoms with Gasteiger partial charge in [-0.15, -0.1) is 0 Å². The largest absolute Gasteiger partial charge is 0.481 e. The second-order valence-corrected chi connectivity index (χ2v) is 6.65. The average Bonchev–Trinajstić information content (AvgIpc) is 2.61. The Hall–Kier alpha value is -2.38. The molecule has 0 spiro atoms. The number of carbonyl (C=O) groups excluding carboxylic acids is 1. The highest BCUT2D eigenvalue weighted by atomic mass is 35.5. The van der Waals surface area contributed by atoms with Crippen molar-refractivity contribution in [1.82, 2.24) is 10.3 Å². The Labute approximate surface area is 155 Å². The lowest BCUT2D eigenvalue weighted by molar-refractivity contribution is -0.140. The molecular weight excluding hydrogens is 360 g/mol. The fourth-order valence-electron chi connectivity index (χ4n) is 3.10. The first-order valence-corrected chi connectivity index (χ1v) is 8.63. The maximum atomic E-state index is 12.4. The molecule has 1 aliphatic heterocycles. The first-order chi connectivity index (χ1) is 12.5. The minimum Gasteiger partial charge on any atom is -0.481 e. The number of halogens is 1. The van der Waals surface area contributed by atoms with Gasteiger partial charge in [0.25, 0.3) is 5.91 Å². The number of carboxylic acid groups (broad SMARTS) is 1. The summed E-state index contributed by atoms with van der Waals surface area (Å²) in [5.41, 5.74) is -0.232. The van der Waals surface area contributed by atoms with Crippen LogP contribution in [0, 0.1) is 0 Å². The Kier molecular flexibility index (Phi) is 5.58. The number of fused-ring (bicyclic) bond motifs is 1. The lowest BCUT2D eigenvalue weighted by Gasteiger charge is -2.36. The molecule has 1 aromatic heterocycles. The summed E-state index contributed by atoms with van der Waals surface area (Å²) in [7, 11) is 0. The number of hydrogen-bond acceptors (Lipinski definition) is 5. The molecule has 0 unspecified atom stereocenters. The van der Waals surface area contributed by atoms with Crippen molar-refractivity contribution >= 4 is 34.4 Å². The smallest absolute Gasteiger partial charge is 0.305 e. The summed E-state index contributed by atoms with van der Waals surface area (Å²) in [5.74, 6) is -0.896. The Morgan fingerprint density at radius 1 is 1.31 bits per heavy atom. The standard InChI is InChI=1S/C18H19ClN2O5/c19-13-3-4-14(17-12(13)2-1-7-20-17)26-11-15(22)21-18(10-16(23)24)5-8-25-9-6-18/h1-4,7H,5-6,8-11H2,(H,21,22)(H,23,24). The van der Waals surface area contributed by atoms with E-state index >= 15 is 0 Å². The maximum absolute atomic E-state index is 12.4. The first kappa shape index (κ1) is 18.4. The summed E-state index contributed by atoms with van der Waals surface area (Å²) in [6.45, 7) is 0.593. The number of aromatic nitrogens is 1. The van der Waals surface area contributed by atoms with E-state index in [1.54, 1.807) is 24.4 Å². The highest BCUT2D eigenvalue weighted by molar-refractivity contribution is 6.35. The highest BCUT2D eigenvalue weighted by Crippen LogP contribution is 2.29. The molecule has 0 atom stereocenters.